The average molecular weight is 307 g/mol. The molecule has 1 atom stereocenters. The van der Waals surface area contributed by atoms with Crippen LogP contribution in [0, 0.1) is 0 Å². The fourth-order valence-corrected chi connectivity index (χ4v) is 2.94. The van der Waals surface area contributed by atoms with Crippen LogP contribution in [0.4, 0.5) is 0 Å². The van der Waals surface area contributed by atoms with Crippen LogP contribution in [0.1, 0.15) is 37.0 Å². The van der Waals surface area contributed by atoms with Crippen LogP contribution in [0.3, 0.4) is 0 Å². The van der Waals surface area contributed by atoms with Crippen molar-refractivity contribution in [1.82, 2.24) is 4.90 Å². The lowest BCUT2D eigenvalue weighted by atomic mass is 9.92. The van der Waals surface area contributed by atoms with E-state index < -0.39 is 0 Å². The number of hydrogen-bond donors (Lipinski definition) is 0. The van der Waals surface area contributed by atoms with E-state index in [4.69, 9.17) is 14.2 Å². The highest BCUT2D eigenvalue weighted by Crippen LogP contribution is 2.33. The Morgan fingerprint density at radius 1 is 1.32 bits per heavy atom. The van der Waals surface area contributed by atoms with Crippen molar-refractivity contribution in [2.75, 3.05) is 27.9 Å². The highest BCUT2D eigenvalue weighted by molar-refractivity contribution is 5.97. The third-order valence-corrected chi connectivity index (χ3v) is 4.17. The van der Waals surface area contributed by atoms with Crippen LogP contribution in [0.5, 0.6) is 11.5 Å². The zero-order chi connectivity index (χ0) is 16.3. The summed E-state index contributed by atoms with van der Waals surface area (Å²) >= 11 is 0. The lowest BCUT2D eigenvalue weighted by Gasteiger charge is -2.39. The van der Waals surface area contributed by atoms with Gasteiger partial charge in [-0.25, -0.2) is 0 Å². The summed E-state index contributed by atoms with van der Waals surface area (Å²) in [6, 6.07) is 5.51. The van der Waals surface area contributed by atoms with Crippen molar-refractivity contribution in [1.29, 1.82) is 0 Å². The van der Waals surface area contributed by atoms with E-state index in [9.17, 15) is 4.79 Å². The molecule has 22 heavy (non-hydrogen) atoms. The minimum absolute atomic E-state index is 0.0570. The van der Waals surface area contributed by atoms with Crippen molar-refractivity contribution in [3.63, 3.8) is 0 Å². The molecule has 1 amide bonds. The summed E-state index contributed by atoms with van der Waals surface area (Å²) in [7, 11) is 4.95. The quantitative estimate of drug-likeness (QED) is 0.858. The van der Waals surface area contributed by atoms with Crippen molar-refractivity contribution < 1.29 is 19.0 Å². The Morgan fingerprint density at radius 3 is 2.64 bits per heavy atom. The van der Waals surface area contributed by atoms with Crippen LogP contribution in [0.2, 0.25) is 0 Å². The first-order valence-electron chi connectivity index (χ1n) is 7.51. The minimum atomic E-state index is -0.198. The van der Waals surface area contributed by atoms with Crippen LogP contribution in [0.25, 0.3) is 0 Å². The van der Waals surface area contributed by atoms with Gasteiger partial charge in [-0.2, -0.15) is 0 Å². The second-order valence-corrected chi connectivity index (χ2v) is 6.21. The van der Waals surface area contributed by atoms with Gasteiger partial charge < -0.3 is 19.1 Å². The maximum Gasteiger partial charge on any atom is 0.257 e. The Hall–Kier alpha value is -1.75. The van der Waals surface area contributed by atoms with Crippen LogP contribution in [-0.2, 0) is 4.74 Å². The fourth-order valence-electron chi connectivity index (χ4n) is 2.94. The van der Waals surface area contributed by atoms with Gasteiger partial charge in [-0.1, -0.05) is 6.07 Å². The highest BCUT2D eigenvalue weighted by atomic mass is 16.5. The smallest absolute Gasteiger partial charge is 0.257 e. The first kappa shape index (κ1) is 16.6. The number of carbonyl (C=O) groups is 1. The molecule has 0 aromatic heterocycles. The number of rotatable bonds is 4. The van der Waals surface area contributed by atoms with Gasteiger partial charge >= 0.3 is 0 Å². The molecule has 1 saturated heterocycles. The number of hydrogen-bond acceptors (Lipinski definition) is 4. The minimum Gasteiger partial charge on any atom is -0.493 e. The van der Waals surface area contributed by atoms with Crippen LogP contribution in [-0.4, -0.2) is 50.3 Å². The van der Waals surface area contributed by atoms with Crippen molar-refractivity contribution >= 4 is 5.91 Å². The van der Waals surface area contributed by atoms with Gasteiger partial charge in [0, 0.05) is 19.7 Å². The maximum atomic E-state index is 12.9. The van der Waals surface area contributed by atoms with Gasteiger partial charge in [0.1, 0.15) is 0 Å². The topological polar surface area (TPSA) is 48.0 Å². The van der Waals surface area contributed by atoms with Crippen LogP contribution < -0.4 is 9.47 Å². The van der Waals surface area contributed by atoms with E-state index >= 15 is 0 Å². The summed E-state index contributed by atoms with van der Waals surface area (Å²) in [5, 5.41) is 0. The summed E-state index contributed by atoms with van der Waals surface area (Å²) in [6.07, 6.45) is 1.67. The molecule has 1 aliphatic rings. The summed E-state index contributed by atoms with van der Waals surface area (Å²) < 4.78 is 16.4. The zero-order valence-corrected chi connectivity index (χ0v) is 14.0. The zero-order valence-electron chi connectivity index (χ0n) is 14.0. The molecular weight excluding hydrogens is 282 g/mol. The maximum absolute atomic E-state index is 12.9. The second kappa shape index (κ2) is 6.57. The number of nitrogens with zero attached hydrogens (tertiary/aromatic N) is 1. The number of para-hydroxylation sites is 1. The molecule has 5 nitrogen and oxygen atoms in total. The van der Waals surface area contributed by atoms with Crippen LogP contribution in [0.15, 0.2) is 18.2 Å². The highest BCUT2D eigenvalue weighted by Gasteiger charge is 2.33. The van der Waals surface area contributed by atoms with Gasteiger partial charge in [0.15, 0.2) is 11.5 Å². The number of benzene rings is 1. The van der Waals surface area contributed by atoms with Crippen molar-refractivity contribution in [3.8, 4) is 11.5 Å². The first-order valence-corrected chi connectivity index (χ1v) is 7.51. The lowest BCUT2D eigenvalue weighted by molar-refractivity contribution is -0.0756. The van der Waals surface area contributed by atoms with E-state index in [0.29, 0.717) is 23.7 Å². The molecule has 0 saturated carbocycles. The summed E-state index contributed by atoms with van der Waals surface area (Å²) in [5.74, 6) is 0.987. The largest absolute Gasteiger partial charge is 0.493 e. The summed E-state index contributed by atoms with van der Waals surface area (Å²) in [4.78, 5) is 14.6. The van der Waals surface area contributed by atoms with Gasteiger partial charge in [0.05, 0.1) is 25.4 Å². The van der Waals surface area contributed by atoms with Gasteiger partial charge in [-0.15, -0.1) is 0 Å². The molecule has 5 heteroatoms. The normalized spacial score (nSPS) is 20.3. The third-order valence-electron chi connectivity index (χ3n) is 4.17. The van der Waals surface area contributed by atoms with Gasteiger partial charge in [0.25, 0.3) is 5.91 Å². The van der Waals surface area contributed by atoms with Crippen molar-refractivity contribution in [3.05, 3.63) is 23.8 Å². The van der Waals surface area contributed by atoms with Crippen LogP contribution >= 0.6 is 0 Å². The Morgan fingerprint density at radius 2 is 2.05 bits per heavy atom. The molecule has 1 unspecified atom stereocenters. The molecule has 0 aliphatic carbocycles. The number of ether oxygens (including phenoxy) is 3. The van der Waals surface area contributed by atoms with E-state index in [0.717, 1.165) is 12.8 Å². The van der Waals surface area contributed by atoms with E-state index in [-0.39, 0.29) is 17.6 Å². The third kappa shape index (κ3) is 3.35. The molecule has 1 heterocycles. The predicted octanol–water partition coefficient (Wildman–Crippen LogP) is 2.73. The Labute approximate surface area is 132 Å². The second-order valence-electron chi connectivity index (χ2n) is 6.21. The predicted molar refractivity (Wildman–Crippen MR) is 84.7 cm³/mol. The van der Waals surface area contributed by atoms with Crippen molar-refractivity contribution in [2.24, 2.45) is 0 Å². The SMILES string of the molecule is COc1cccc(C(=O)N(C)C2CCOC(C)(C)C2)c1OC. The summed E-state index contributed by atoms with van der Waals surface area (Å²) in [5.41, 5.74) is 0.323. The molecule has 1 fully saturated rings. The molecule has 1 aliphatic heterocycles. The Kier molecular flexibility index (Phi) is 4.96. The number of amides is 1. The first-order chi connectivity index (χ1) is 10.4. The monoisotopic (exact) mass is 307 g/mol. The van der Waals surface area contributed by atoms with Gasteiger partial charge in [-0.3, -0.25) is 4.79 Å². The Balaban J connectivity index is 2.24. The molecular formula is C17H25NO4. The van der Waals surface area contributed by atoms with E-state index in [1.54, 1.807) is 37.3 Å². The van der Waals surface area contributed by atoms with E-state index in [1.165, 1.54) is 0 Å². The fraction of sp³-hybridized carbons (Fsp3) is 0.588. The molecule has 122 valence electrons. The van der Waals surface area contributed by atoms with Gasteiger partial charge in [-0.05, 0) is 38.8 Å². The lowest BCUT2D eigenvalue weighted by Crippen LogP contribution is -2.46. The molecule has 0 spiro atoms. The Bertz CT molecular complexity index is 541. The van der Waals surface area contributed by atoms with Crippen molar-refractivity contribution in [2.45, 2.75) is 38.3 Å². The molecule has 1 aromatic carbocycles. The molecule has 2 rings (SSSR count). The van der Waals surface area contributed by atoms with E-state index in [2.05, 4.69) is 13.8 Å². The number of methoxy groups -OCH3 is 2. The molecule has 1 aromatic rings. The standard InChI is InChI=1S/C17H25NO4/c1-17(2)11-12(9-10-22-17)18(3)16(19)13-7-6-8-14(20-4)15(13)21-5/h6-8,12H,9-11H2,1-5H3. The van der Waals surface area contributed by atoms with E-state index in [1.807, 2.05) is 7.05 Å². The molecule has 0 radical (unpaired) electrons. The number of carbonyl (C=O) groups excluding carboxylic acids is 1. The average Bonchev–Trinajstić information content (AvgIpc) is 2.51. The van der Waals surface area contributed by atoms with Gasteiger partial charge in [0.2, 0.25) is 0 Å². The molecule has 0 N–H and O–H groups in total. The molecule has 0 bridgehead atoms. The summed E-state index contributed by atoms with van der Waals surface area (Å²) in [6.45, 7) is 4.79.